The highest BCUT2D eigenvalue weighted by Gasteiger charge is 2.20. The van der Waals surface area contributed by atoms with Gasteiger partial charge in [0, 0.05) is 11.9 Å². The van der Waals surface area contributed by atoms with Gasteiger partial charge in [-0.15, -0.1) is 21.5 Å². The third-order valence-corrected chi connectivity index (χ3v) is 5.67. The number of carbonyl (C=O) groups excluding carboxylic acids is 2. The molecule has 0 atom stereocenters. The number of thioether (sulfide) groups is 1. The first-order chi connectivity index (χ1) is 13.1. The van der Waals surface area contributed by atoms with Gasteiger partial charge in [-0.2, -0.15) is 0 Å². The smallest absolute Gasteiger partial charge is 0.341 e. The van der Waals surface area contributed by atoms with Crippen LogP contribution in [-0.4, -0.2) is 39.0 Å². The Labute approximate surface area is 164 Å². The normalized spacial score (nSPS) is 10.6. The van der Waals surface area contributed by atoms with E-state index in [0.717, 1.165) is 10.4 Å². The van der Waals surface area contributed by atoms with Crippen LogP contribution in [0.4, 0.5) is 5.00 Å². The molecule has 0 aliphatic carbocycles. The maximum Gasteiger partial charge on any atom is 0.341 e. The second-order valence-corrected chi connectivity index (χ2v) is 7.50. The number of thiophene rings is 1. The lowest BCUT2D eigenvalue weighted by molar-refractivity contribution is -0.113. The van der Waals surface area contributed by atoms with Gasteiger partial charge in [0.2, 0.25) is 5.91 Å². The molecule has 0 aliphatic rings. The van der Waals surface area contributed by atoms with E-state index < -0.39 is 5.97 Å². The number of aryl methyl sites for hydroxylation is 1. The van der Waals surface area contributed by atoms with E-state index in [0.29, 0.717) is 15.7 Å². The molecular weight excluding hydrogens is 384 g/mol. The molecular formula is C18H18N4O3S2. The number of hydrogen-bond acceptors (Lipinski definition) is 7. The molecule has 0 radical (unpaired) electrons. The van der Waals surface area contributed by atoms with E-state index >= 15 is 0 Å². The van der Waals surface area contributed by atoms with Gasteiger partial charge in [0.15, 0.2) is 5.16 Å². The highest BCUT2D eigenvalue weighted by atomic mass is 32.2. The largest absolute Gasteiger partial charge is 0.462 e. The van der Waals surface area contributed by atoms with Crippen LogP contribution >= 0.6 is 23.1 Å². The molecule has 0 aliphatic heterocycles. The van der Waals surface area contributed by atoms with Crippen molar-refractivity contribution in [3.8, 4) is 10.4 Å². The van der Waals surface area contributed by atoms with Crippen molar-refractivity contribution >= 4 is 40.0 Å². The maximum atomic E-state index is 12.4. The van der Waals surface area contributed by atoms with Gasteiger partial charge in [0.25, 0.3) is 0 Å². The molecule has 0 saturated heterocycles. The lowest BCUT2D eigenvalue weighted by atomic mass is 10.1. The Kier molecular flexibility index (Phi) is 6.25. The Morgan fingerprint density at radius 3 is 2.74 bits per heavy atom. The van der Waals surface area contributed by atoms with Crippen molar-refractivity contribution in [2.24, 2.45) is 7.05 Å². The first-order valence-corrected chi connectivity index (χ1v) is 10.0. The zero-order valence-electron chi connectivity index (χ0n) is 14.8. The summed E-state index contributed by atoms with van der Waals surface area (Å²) in [4.78, 5) is 25.5. The predicted molar refractivity (Wildman–Crippen MR) is 106 cm³/mol. The number of ether oxygens (including phenoxy) is 1. The van der Waals surface area contributed by atoms with E-state index in [-0.39, 0.29) is 18.3 Å². The summed E-state index contributed by atoms with van der Waals surface area (Å²) >= 11 is 2.62. The van der Waals surface area contributed by atoms with Crippen molar-refractivity contribution in [2.45, 2.75) is 12.1 Å². The quantitative estimate of drug-likeness (QED) is 0.481. The van der Waals surface area contributed by atoms with Crippen molar-refractivity contribution in [1.29, 1.82) is 0 Å². The van der Waals surface area contributed by atoms with E-state index in [9.17, 15) is 9.59 Å². The molecule has 27 heavy (non-hydrogen) atoms. The zero-order valence-corrected chi connectivity index (χ0v) is 16.5. The van der Waals surface area contributed by atoms with E-state index in [1.54, 1.807) is 23.9 Å². The third kappa shape index (κ3) is 4.75. The average molecular weight is 403 g/mol. The van der Waals surface area contributed by atoms with Crippen molar-refractivity contribution in [3.05, 3.63) is 48.3 Å². The molecule has 7 nitrogen and oxygen atoms in total. The van der Waals surface area contributed by atoms with E-state index in [2.05, 4.69) is 15.5 Å². The van der Waals surface area contributed by atoms with Crippen LogP contribution in [0.2, 0.25) is 0 Å². The third-order valence-electron chi connectivity index (χ3n) is 3.54. The van der Waals surface area contributed by atoms with E-state index in [4.69, 9.17) is 4.74 Å². The summed E-state index contributed by atoms with van der Waals surface area (Å²) in [5.74, 6) is -0.518. The summed E-state index contributed by atoms with van der Waals surface area (Å²) in [6, 6.07) is 11.4. The highest BCUT2D eigenvalue weighted by Crippen LogP contribution is 2.36. The number of hydrogen-bond donors (Lipinski definition) is 1. The summed E-state index contributed by atoms with van der Waals surface area (Å²) in [6.07, 6.45) is 1.57. The standard InChI is InChI=1S/C18H18N4O3S2/c1-3-25-17(24)13-9-14(12-7-5-4-6-8-12)27-16(13)20-15(23)10-26-18-21-19-11-22(18)2/h4-9,11H,3,10H2,1-2H3,(H,20,23). The number of rotatable bonds is 7. The molecule has 0 fully saturated rings. The predicted octanol–water partition coefficient (Wildman–Crippen LogP) is 3.45. The first kappa shape index (κ1) is 19.1. The molecule has 2 heterocycles. The molecule has 3 aromatic rings. The summed E-state index contributed by atoms with van der Waals surface area (Å²) in [5.41, 5.74) is 1.33. The topological polar surface area (TPSA) is 86.1 Å². The molecule has 1 amide bonds. The number of esters is 1. The Morgan fingerprint density at radius 2 is 2.07 bits per heavy atom. The van der Waals surface area contributed by atoms with Gasteiger partial charge >= 0.3 is 5.97 Å². The number of amides is 1. The lowest BCUT2D eigenvalue weighted by Crippen LogP contribution is -2.16. The van der Waals surface area contributed by atoms with E-state index in [1.165, 1.54) is 23.1 Å². The number of aromatic nitrogens is 3. The summed E-state index contributed by atoms with van der Waals surface area (Å²) in [6.45, 7) is 2.02. The fourth-order valence-corrected chi connectivity index (χ4v) is 4.04. The van der Waals surface area contributed by atoms with Gasteiger partial charge in [0.1, 0.15) is 11.3 Å². The van der Waals surface area contributed by atoms with Crippen LogP contribution in [0.5, 0.6) is 0 Å². The molecule has 2 aromatic heterocycles. The summed E-state index contributed by atoms with van der Waals surface area (Å²) in [7, 11) is 1.81. The fourth-order valence-electron chi connectivity index (χ4n) is 2.29. The highest BCUT2D eigenvalue weighted by molar-refractivity contribution is 7.99. The lowest BCUT2D eigenvalue weighted by Gasteiger charge is -2.05. The van der Waals surface area contributed by atoms with Crippen LogP contribution < -0.4 is 5.32 Å². The first-order valence-electron chi connectivity index (χ1n) is 8.21. The van der Waals surface area contributed by atoms with Crippen LogP contribution in [0, 0.1) is 0 Å². The summed E-state index contributed by atoms with van der Waals surface area (Å²) < 4.78 is 6.86. The molecule has 140 valence electrons. The zero-order chi connectivity index (χ0) is 19.2. The summed E-state index contributed by atoms with van der Waals surface area (Å²) in [5, 5.41) is 11.7. The number of nitrogens with zero attached hydrogens (tertiary/aromatic N) is 3. The molecule has 0 saturated carbocycles. The van der Waals surface area contributed by atoms with Crippen LogP contribution in [0.1, 0.15) is 17.3 Å². The van der Waals surface area contributed by atoms with Crippen LogP contribution in [0.25, 0.3) is 10.4 Å². The second-order valence-electron chi connectivity index (χ2n) is 5.50. The molecule has 3 rings (SSSR count). The Morgan fingerprint density at radius 1 is 1.30 bits per heavy atom. The van der Waals surface area contributed by atoms with Crippen LogP contribution in [-0.2, 0) is 16.6 Å². The average Bonchev–Trinajstić information content (AvgIpc) is 3.27. The monoisotopic (exact) mass is 402 g/mol. The molecule has 9 heteroatoms. The van der Waals surface area contributed by atoms with Gasteiger partial charge in [-0.3, -0.25) is 4.79 Å². The molecule has 1 aromatic carbocycles. The van der Waals surface area contributed by atoms with Gasteiger partial charge < -0.3 is 14.6 Å². The minimum atomic E-state index is -0.452. The van der Waals surface area contributed by atoms with Crippen LogP contribution in [0.15, 0.2) is 47.9 Å². The van der Waals surface area contributed by atoms with E-state index in [1.807, 2.05) is 37.4 Å². The Balaban J connectivity index is 1.78. The minimum absolute atomic E-state index is 0.160. The van der Waals surface area contributed by atoms with Crippen LogP contribution in [0.3, 0.4) is 0 Å². The minimum Gasteiger partial charge on any atom is -0.462 e. The number of nitrogens with one attached hydrogen (secondary N) is 1. The Hall–Kier alpha value is -2.65. The number of anilines is 1. The SMILES string of the molecule is CCOC(=O)c1cc(-c2ccccc2)sc1NC(=O)CSc1nncn1C. The number of benzene rings is 1. The van der Waals surface area contributed by atoms with Crippen molar-refractivity contribution in [2.75, 3.05) is 17.7 Å². The Bertz CT molecular complexity index is 937. The molecule has 0 unspecified atom stereocenters. The number of carbonyl (C=O) groups is 2. The van der Waals surface area contributed by atoms with Crippen molar-refractivity contribution < 1.29 is 14.3 Å². The van der Waals surface area contributed by atoms with Gasteiger partial charge in [-0.05, 0) is 18.6 Å². The molecule has 1 N–H and O–H groups in total. The van der Waals surface area contributed by atoms with Gasteiger partial charge in [-0.25, -0.2) is 4.79 Å². The molecule has 0 spiro atoms. The molecule has 0 bridgehead atoms. The van der Waals surface area contributed by atoms with Crippen molar-refractivity contribution in [1.82, 2.24) is 14.8 Å². The fraction of sp³-hybridized carbons (Fsp3) is 0.222. The van der Waals surface area contributed by atoms with Gasteiger partial charge in [0.05, 0.1) is 17.9 Å². The van der Waals surface area contributed by atoms with Crippen molar-refractivity contribution in [3.63, 3.8) is 0 Å². The van der Waals surface area contributed by atoms with Gasteiger partial charge in [-0.1, -0.05) is 42.1 Å². The maximum absolute atomic E-state index is 12.4. The second kappa shape index (κ2) is 8.83.